The number of fused-ring (bicyclic) bond motifs is 1. The van der Waals surface area contributed by atoms with Crippen LogP contribution in [-0.4, -0.2) is 30.5 Å². The second-order valence-electron chi connectivity index (χ2n) is 7.82. The molecule has 132 valence electrons. The average Bonchev–Trinajstić information content (AvgIpc) is 2.99. The zero-order chi connectivity index (χ0) is 18.0. The molecule has 3 rings (SSSR count). The van der Waals surface area contributed by atoms with Gasteiger partial charge in [0.05, 0.1) is 6.04 Å². The minimum atomic E-state index is -0.202. The van der Waals surface area contributed by atoms with Gasteiger partial charge in [-0.1, -0.05) is 63.2 Å². The van der Waals surface area contributed by atoms with E-state index < -0.39 is 0 Å². The molecule has 0 spiro atoms. The van der Waals surface area contributed by atoms with Gasteiger partial charge >= 0.3 is 0 Å². The molecule has 1 unspecified atom stereocenters. The van der Waals surface area contributed by atoms with Gasteiger partial charge in [-0.15, -0.1) is 0 Å². The molecule has 1 amide bonds. The minimum Gasteiger partial charge on any atom is -0.477 e. The van der Waals surface area contributed by atoms with E-state index >= 15 is 0 Å². The maximum atomic E-state index is 11.5. The van der Waals surface area contributed by atoms with E-state index in [0.29, 0.717) is 12.5 Å². The maximum absolute atomic E-state index is 11.5. The topological polar surface area (TPSA) is 50.7 Å². The number of carbonyl (C=O) groups is 1. The predicted octanol–water partition coefficient (Wildman–Crippen LogP) is 3.73. The average molecular weight is 338 g/mol. The van der Waals surface area contributed by atoms with Crippen LogP contribution >= 0.6 is 0 Å². The molecule has 25 heavy (non-hydrogen) atoms. The number of aliphatic imine (C=N–C) groups is 1. The van der Waals surface area contributed by atoms with E-state index in [1.807, 2.05) is 0 Å². The lowest BCUT2D eigenvalue weighted by Gasteiger charge is -2.30. The fourth-order valence-electron chi connectivity index (χ4n) is 3.19. The Kier molecular flexibility index (Phi) is 4.80. The highest BCUT2D eigenvalue weighted by Gasteiger charge is 2.35. The van der Waals surface area contributed by atoms with E-state index in [9.17, 15) is 4.79 Å². The summed E-state index contributed by atoms with van der Waals surface area (Å²) in [6, 6.07) is 14.8. The summed E-state index contributed by atoms with van der Waals surface area (Å²) >= 11 is 0. The van der Waals surface area contributed by atoms with Crippen LogP contribution in [0, 0.1) is 5.41 Å². The molecular formula is C21H26N2O2. The fourth-order valence-corrected chi connectivity index (χ4v) is 3.19. The van der Waals surface area contributed by atoms with E-state index in [1.54, 1.807) is 0 Å². The number of amides is 1. The quantitative estimate of drug-likeness (QED) is 0.923. The number of hydrogen-bond donors (Lipinski definition) is 1. The fraction of sp³-hybridized carbons (Fsp3) is 0.429. The Hall–Kier alpha value is -2.36. The zero-order valence-corrected chi connectivity index (χ0v) is 15.4. The Balaban J connectivity index is 1.76. The molecule has 4 nitrogen and oxygen atoms in total. The van der Waals surface area contributed by atoms with E-state index in [2.05, 4.69) is 68.6 Å². The van der Waals surface area contributed by atoms with Crippen LogP contribution in [0.1, 0.15) is 33.3 Å². The lowest BCUT2D eigenvalue weighted by Crippen LogP contribution is -2.48. The molecule has 1 aliphatic heterocycles. The molecule has 0 radical (unpaired) electrons. The van der Waals surface area contributed by atoms with Crippen molar-refractivity contribution in [3.63, 3.8) is 0 Å². The van der Waals surface area contributed by atoms with Crippen molar-refractivity contribution in [3.05, 3.63) is 48.0 Å². The van der Waals surface area contributed by atoms with Crippen molar-refractivity contribution in [3.8, 4) is 0 Å². The predicted molar refractivity (Wildman–Crippen MR) is 102 cm³/mol. The van der Waals surface area contributed by atoms with Crippen LogP contribution < -0.4 is 5.32 Å². The highest BCUT2D eigenvalue weighted by atomic mass is 16.5. The van der Waals surface area contributed by atoms with Crippen LogP contribution in [0.15, 0.2) is 47.5 Å². The molecule has 0 saturated heterocycles. The molecule has 2 aromatic carbocycles. The third-order valence-electron chi connectivity index (χ3n) is 4.48. The molecule has 2 atom stereocenters. The summed E-state index contributed by atoms with van der Waals surface area (Å²) in [6.45, 7) is 8.33. The molecule has 0 fully saturated rings. The Morgan fingerprint density at radius 2 is 1.96 bits per heavy atom. The van der Waals surface area contributed by atoms with Crippen LogP contribution in [0.2, 0.25) is 0 Å². The van der Waals surface area contributed by atoms with Gasteiger partial charge in [0, 0.05) is 6.92 Å². The minimum absolute atomic E-state index is 0.0656. The van der Waals surface area contributed by atoms with Crippen molar-refractivity contribution >= 4 is 22.6 Å². The van der Waals surface area contributed by atoms with Crippen molar-refractivity contribution < 1.29 is 9.53 Å². The summed E-state index contributed by atoms with van der Waals surface area (Å²) in [5, 5.41) is 5.47. The van der Waals surface area contributed by atoms with Gasteiger partial charge in [0.1, 0.15) is 12.6 Å². The van der Waals surface area contributed by atoms with E-state index in [4.69, 9.17) is 9.73 Å². The molecule has 0 saturated carbocycles. The first-order chi connectivity index (χ1) is 11.8. The second-order valence-corrected chi connectivity index (χ2v) is 7.82. The van der Waals surface area contributed by atoms with Gasteiger partial charge in [0.25, 0.3) is 0 Å². The molecule has 1 heterocycles. The summed E-state index contributed by atoms with van der Waals surface area (Å²) < 4.78 is 5.85. The Labute approximate surface area is 149 Å². The van der Waals surface area contributed by atoms with E-state index in [1.165, 1.54) is 23.3 Å². The Morgan fingerprint density at radius 1 is 1.24 bits per heavy atom. The van der Waals surface area contributed by atoms with Gasteiger partial charge in [0.15, 0.2) is 0 Å². The number of benzene rings is 2. The van der Waals surface area contributed by atoms with Crippen LogP contribution in [0.5, 0.6) is 0 Å². The normalized spacial score (nSPS) is 18.6. The van der Waals surface area contributed by atoms with Crippen LogP contribution in [0.3, 0.4) is 0 Å². The molecule has 0 aromatic heterocycles. The molecule has 1 aliphatic rings. The monoisotopic (exact) mass is 338 g/mol. The van der Waals surface area contributed by atoms with Gasteiger partial charge < -0.3 is 10.1 Å². The number of rotatable bonds is 4. The number of ether oxygens (including phenoxy) is 1. The number of nitrogens with zero attached hydrogens (tertiary/aromatic N) is 1. The molecule has 4 heteroatoms. The molecule has 2 aromatic rings. The SMILES string of the molecule is CC(=O)NC(C1=N[C@@H](Cc2ccc3ccccc3c2)CO1)C(C)(C)C. The Morgan fingerprint density at radius 3 is 2.64 bits per heavy atom. The zero-order valence-electron chi connectivity index (χ0n) is 15.4. The molecular weight excluding hydrogens is 312 g/mol. The summed E-state index contributed by atoms with van der Waals surface area (Å²) in [5.41, 5.74) is 1.10. The van der Waals surface area contributed by atoms with Crippen molar-refractivity contribution in [2.75, 3.05) is 6.61 Å². The first-order valence-electron chi connectivity index (χ1n) is 8.78. The molecule has 0 aliphatic carbocycles. The second kappa shape index (κ2) is 6.87. The van der Waals surface area contributed by atoms with Gasteiger partial charge in [-0.2, -0.15) is 0 Å². The lowest BCUT2D eigenvalue weighted by atomic mass is 9.86. The van der Waals surface area contributed by atoms with Crippen molar-refractivity contribution in [1.29, 1.82) is 0 Å². The van der Waals surface area contributed by atoms with Gasteiger partial charge in [0.2, 0.25) is 11.8 Å². The number of nitrogens with one attached hydrogen (secondary N) is 1. The summed E-state index contributed by atoms with van der Waals surface area (Å²) in [4.78, 5) is 16.3. The Bertz CT molecular complexity index is 805. The largest absolute Gasteiger partial charge is 0.477 e. The number of carbonyl (C=O) groups excluding carboxylic acids is 1. The third-order valence-corrected chi connectivity index (χ3v) is 4.48. The van der Waals surface area contributed by atoms with E-state index in [0.717, 1.165) is 6.42 Å². The van der Waals surface area contributed by atoms with Gasteiger partial charge in [-0.25, -0.2) is 4.99 Å². The van der Waals surface area contributed by atoms with Crippen LogP contribution in [-0.2, 0) is 16.0 Å². The highest BCUT2D eigenvalue weighted by molar-refractivity contribution is 5.88. The maximum Gasteiger partial charge on any atom is 0.217 e. The summed E-state index contributed by atoms with van der Waals surface area (Å²) in [7, 11) is 0. The molecule has 1 N–H and O–H groups in total. The van der Waals surface area contributed by atoms with Crippen LogP contribution in [0.4, 0.5) is 0 Å². The van der Waals surface area contributed by atoms with E-state index in [-0.39, 0.29) is 23.4 Å². The summed E-state index contributed by atoms with van der Waals surface area (Å²) in [6.07, 6.45) is 0.839. The van der Waals surface area contributed by atoms with Gasteiger partial charge in [-0.05, 0) is 28.2 Å². The van der Waals surface area contributed by atoms with Crippen molar-refractivity contribution in [2.24, 2.45) is 10.4 Å². The molecule has 0 bridgehead atoms. The van der Waals surface area contributed by atoms with Crippen LogP contribution in [0.25, 0.3) is 10.8 Å². The van der Waals surface area contributed by atoms with Crippen molar-refractivity contribution in [2.45, 2.75) is 46.2 Å². The van der Waals surface area contributed by atoms with Crippen molar-refractivity contribution in [1.82, 2.24) is 5.32 Å². The first-order valence-corrected chi connectivity index (χ1v) is 8.78. The third kappa shape index (κ3) is 4.19. The number of hydrogen-bond acceptors (Lipinski definition) is 3. The summed E-state index contributed by atoms with van der Waals surface area (Å²) in [5.74, 6) is 0.581. The smallest absolute Gasteiger partial charge is 0.217 e. The lowest BCUT2D eigenvalue weighted by molar-refractivity contribution is -0.119. The standard InChI is InChI=1S/C21H26N2O2/c1-14(24)22-19(21(2,3)4)20-23-18(13-25-20)12-15-9-10-16-7-5-6-8-17(16)11-15/h5-11,18-19H,12-13H2,1-4H3,(H,22,24)/t18-,19?/m0/s1. The van der Waals surface area contributed by atoms with Gasteiger partial charge in [-0.3, -0.25) is 4.79 Å². The first kappa shape index (κ1) is 17.5. The highest BCUT2D eigenvalue weighted by Crippen LogP contribution is 2.25.